The van der Waals surface area contributed by atoms with E-state index in [0.717, 1.165) is 6.61 Å². The van der Waals surface area contributed by atoms with Crippen molar-refractivity contribution in [1.82, 2.24) is 0 Å². The highest BCUT2D eigenvalue weighted by Gasteiger charge is 1.91. The van der Waals surface area contributed by atoms with Gasteiger partial charge in [-0.1, -0.05) is 11.8 Å². The second kappa shape index (κ2) is 7.31. The predicted molar refractivity (Wildman–Crippen MR) is 48.6 cm³/mol. The molecule has 0 heterocycles. The molecule has 0 aromatic heterocycles. The number of hydrogen-bond acceptors (Lipinski definition) is 4. The van der Waals surface area contributed by atoms with Crippen molar-refractivity contribution in [2.45, 2.75) is 6.92 Å². The highest BCUT2D eigenvalue weighted by molar-refractivity contribution is 8.22. The first kappa shape index (κ1) is 10.2. The molecule has 0 unspecified atom stereocenters. The largest absolute Gasteiger partial charge is 0.476 e. The minimum Gasteiger partial charge on any atom is -0.476 e. The second-order valence-electron chi connectivity index (χ2n) is 1.50. The predicted octanol–water partition coefficient (Wildman–Crippen LogP) is 1.69. The number of thiocarbonyl (C=S) groups is 1. The van der Waals surface area contributed by atoms with Gasteiger partial charge in [0, 0.05) is 6.61 Å². The lowest BCUT2D eigenvalue weighted by atomic mass is 10.7. The van der Waals surface area contributed by atoms with Crippen LogP contribution in [0.1, 0.15) is 6.92 Å². The molecule has 0 fully saturated rings. The van der Waals surface area contributed by atoms with Crippen molar-refractivity contribution >= 4 is 28.4 Å². The van der Waals surface area contributed by atoms with Crippen LogP contribution < -0.4 is 0 Å². The van der Waals surface area contributed by atoms with Gasteiger partial charge in [-0.05, 0) is 25.4 Å². The quantitative estimate of drug-likeness (QED) is 0.484. The maximum absolute atomic E-state index is 5.06. The van der Waals surface area contributed by atoms with Crippen molar-refractivity contribution in [3.05, 3.63) is 0 Å². The molecule has 0 radical (unpaired) electrons. The Bertz CT molecular complexity index is 95.7. The molecule has 0 aliphatic carbocycles. The maximum atomic E-state index is 5.06. The lowest BCUT2D eigenvalue weighted by Crippen LogP contribution is -2.05. The third kappa shape index (κ3) is 6.32. The Hall–Kier alpha value is 0.200. The van der Waals surface area contributed by atoms with Gasteiger partial charge in [0.15, 0.2) is 0 Å². The fourth-order valence-electron chi connectivity index (χ4n) is 0.387. The van der Waals surface area contributed by atoms with E-state index in [2.05, 4.69) is 0 Å². The van der Waals surface area contributed by atoms with Crippen LogP contribution in [0.5, 0.6) is 0 Å². The molecule has 60 valence electrons. The normalized spacial score (nSPS) is 9.40. The summed E-state index contributed by atoms with van der Waals surface area (Å²) in [6, 6.07) is 0. The number of rotatable bonds is 4. The molecule has 0 saturated heterocycles. The van der Waals surface area contributed by atoms with Crippen LogP contribution in [0.25, 0.3) is 0 Å². The second-order valence-corrected chi connectivity index (χ2v) is 2.91. The average Bonchev–Trinajstić information content (AvgIpc) is 1.98. The Morgan fingerprint density at radius 2 is 2.20 bits per heavy atom. The van der Waals surface area contributed by atoms with Gasteiger partial charge in [0.25, 0.3) is 0 Å². The number of ether oxygens (including phenoxy) is 2. The molecule has 0 aliphatic rings. The summed E-state index contributed by atoms with van der Waals surface area (Å²) in [6.45, 7) is 3.87. The zero-order valence-corrected chi connectivity index (χ0v) is 7.89. The lowest BCUT2D eigenvalue weighted by Gasteiger charge is -2.03. The molecular formula is C6H12O2S2. The fourth-order valence-corrected chi connectivity index (χ4v) is 0.672. The summed E-state index contributed by atoms with van der Waals surface area (Å²) in [6.07, 6.45) is 1.89. The Morgan fingerprint density at radius 1 is 1.50 bits per heavy atom. The smallest absolute Gasteiger partial charge is 0.219 e. The van der Waals surface area contributed by atoms with Gasteiger partial charge in [-0.25, -0.2) is 0 Å². The van der Waals surface area contributed by atoms with E-state index in [9.17, 15) is 0 Å². The van der Waals surface area contributed by atoms with Crippen LogP contribution in [-0.2, 0) is 9.47 Å². The molecule has 0 N–H and O–H groups in total. The highest BCUT2D eigenvalue weighted by atomic mass is 32.2. The van der Waals surface area contributed by atoms with Crippen LogP contribution in [0.4, 0.5) is 0 Å². The summed E-state index contributed by atoms with van der Waals surface area (Å²) in [5.74, 6) is 0. The molecular weight excluding hydrogens is 168 g/mol. The summed E-state index contributed by atoms with van der Waals surface area (Å²) < 4.78 is 10.7. The molecule has 0 rings (SSSR count). The zero-order valence-electron chi connectivity index (χ0n) is 6.25. The molecule has 0 atom stereocenters. The summed E-state index contributed by atoms with van der Waals surface area (Å²) in [5, 5.41) is 0. The minimum atomic E-state index is 0.563. The highest BCUT2D eigenvalue weighted by Crippen LogP contribution is 1.98. The average molecular weight is 180 g/mol. The third-order valence-electron chi connectivity index (χ3n) is 0.818. The van der Waals surface area contributed by atoms with Crippen LogP contribution in [-0.4, -0.2) is 30.5 Å². The van der Waals surface area contributed by atoms with Crippen molar-refractivity contribution in [2.75, 3.05) is 26.1 Å². The molecule has 0 amide bonds. The van der Waals surface area contributed by atoms with Gasteiger partial charge in [-0.2, -0.15) is 0 Å². The molecule has 0 saturated carbocycles. The molecule has 0 spiro atoms. The van der Waals surface area contributed by atoms with Crippen LogP contribution in [0.15, 0.2) is 0 Å². The minimum absolute atomic E-state index is 0.563. The monoisotopic (exact) mass is 180 g/mol. The van der Waals surface area contributed by atoms with E-state index in [0.29, 0.717) is 17.6 Å². The standard InChI is InChI=1S/C6H12O2S2/c1-3-7-4-5-8-6(9)10-2/h3-5H2,1-2H3. The Labute approximate surface area is 71.3 Å². The Morgan fingerprint density at radius 3 is 2.70 bits per heavy atom. The Kier molecular flexibility index (Phi) is 7.45. The van der Waals surface area contributed by atoms with Crippen molar-refractivity contribution in [3.8, 4) is 0 Å². The van der Waals surface area contributed by atoms with Crippen LogP contribution in [0, 0.1) is 0 Å². The van der Waals surface area contributed by atoms with Crippen LogP contribution in [0.2, 0.25) is 0 Å². The zero-order chi connectivity index (χ0) is 7.82. The van der Waals surface area contributed by atoms with E-state index in [1.165, 1.54) is 11.8 Å². The van der Waals surface area contributed by atoms with Gasteiger partial charge in [-0.3, -0.25) is 0 Å². The number of thioether (sulfide) groups is 1. The van der Waals surface area contributed by atoms with E-state index < -0.39 is 0 Å². The summed E-state index contributed by atoms with van der Waals surface area (Å²) >= 11 is 6.23. The summed E-state index contributed by atoms with van der Waals surface area (Å²) in [7, 11) is 0. The van der Waals surface area contributed by atoms with E-state index in [-0.39, 0.29) is 0 Å². The molecule has 10 heavy (non-hydrogen) atoms. The van der Waals surface area contributed by atoms with E-state index >= 15 is 0 Å². The summed E-state index contributed by atoms with van der Waals surface area (Å²) in [5.41, 5.74) is 0. The van der Waals surface area contributed by atoms with E-state index in [4.69, 9.17) is 21.7 Å². The molecule has 0 aromatic carbocycles. The molecule has 0 aromatic rings. The van der Waals surface area contributed by atoms with Crippen molar-refractivity contribution in [2.24, 2.45) is 0 Å². The molecule has 0 bridgehead atoms. The van der Waals surface area contributed by atoms with Crippen molar-refractivity contribution in [3.63, 3.8) is 0 Å². The number of hydrogen-bond donors (Lipinski definition) is 0. The first-order valence-corrected chi connectivity index (χ1v) is 4.73. The molecule has 0 aliphatic heterocycles. The maximum Gasteiger partial charge on any atom is 0.219 e. The SMILES string of the molecule is CCOCCOC(=S)SC. The van der Waals surface area contributed by atoms with Crippen LogP contribution in [0.3, 0.4) is 0 Å². The van der Waals surface area contributed by atoms with Crippen molar-refractivity contribution in [1.29, 1.82) is 0 Å². The lowest BCUT2D eigenvalue weighted by molar-refractivity contribution is 0.109. The summed E-state index contributed by atoms with van der Waals surface area (Å²) in [4.78, 5) is 0. The topological polar surface area (TPSA) is 18.5 Å². The van der Waals surface area contributed by atoms with E-state index in [1.807, 2.05) is 13.2 Å². The van der Waals surface area contributed by atoms with Gasteiger partial charge in [-0.15, -0.1) is 0 Å². The van der Waals surface area contributed by atoms with Gasteiger partial charge in [0.1, 0.15) is 6.61 Å². The third-order valence-corrected chi connectivity index (χ3v) is 1.89. The van der Waals surface area contributed by atoms with Gasteiger partial charge >= 0.3 is 0 Å². The van der Waals surface area contributed by atoms with Gasteiger partial charge in [0.05, 0.1) is 6.61 Å². The van der Waals surface area contributed by atoms with E-state index in [1.54, 1.807) is 0 Å². The van der Waals surface area contributed by atoms with Gasteiger partial charge < -0.3 is 9.47 Å². The fraction of sp³-hybridized carbons (Fsp3) is 0.833. The van der Waals surface area contributed by atoms with Gasteiger partial charge in [0.2, 0.25) is 4.38 Å². The van der Waals surface area contributed by atoms with Crippen LogP contribution >= 0.6 is 24.0 Å². The molecule has 4 heteroatoms. The Balaban J connectivity index is 2.96. The van der Waals surface area contributed by atoms with Crippen molar-refractivity contribution < 1.29 is 9.47 Å². The first-order valence-electron chi connectivity index (χ1n) is 3.09. The first-order chi connectivity index (χ1) is 4.81. The molecule has 2 nitrogen and oxygen atoms in total.